The van der Waals surface area contributed by atoms with E-state index in [2.05, 4.69) is 34.0 Å². The lowest BCUT2D eigenvalue weighted by atomic mass is 10.0. The van der Waals surface area contributed by atoms with Crippen LogP contribution in [0.4, 0.5) is 8.78 Å². The van der Waals surface area contributed by atoms with E-state index in [4.69, 9.17) is 0 Å². The molecule has 2 aliphatic rings. The molecule has 0 bridgehead atoms. The molecule has 0 spiro atoms. The molecule has 1 atom stereocenters. The first kappa shape index (κ1) is 16.6. The minimum absolute atomic E-state index is 0.0765. The fraction of sp³-hybridized carbons (Fsp3) is 0.250. The van der Waals surface area contributed by atoms with Gasteiger partial charge in [0.1, 0.15) is 5.84 Å². The molecule has 1 saturated carbocycles. The highest BCUT2D eigenvalue weighted by atomic mass is 19.3. The molecule has 1 aliphatic carbocycles. The molecule has 6 heteroatoms. The molecular weight excluding hydrogens is 334 g/mol. The number of hydrogen-bond donors (Lipinski definition) is 0. The molecule has 26 heavy (non-hydrogen) atoms. The van der Waals surface area contributed by atoms with E-state index in [1.165, 1.54) is 0 Å². The van der Waals surface area contributed by atoms with E-state index in [1.54, 1.807) is 6.20 Å². The van der Waals surface area contributed by atoms with Crippen molar-refractivity contribution in [3.05, 3.63) is 60.4 Å². The maximum Gasteiger partial charge on any atom is 0.252 e. The monoisotopic (exact) mass is 352 g/mol. The largest absolute Gasteiger partial charge is 0.331 e. The van der Waals surface area contributed by atoms with E-state index in [-0.39, 0.29) is 12.8 Å². The molecule has 1 unspecified atom stereocenters. The van der Waals surface area contributed by atoms with Crippen LogP contribution in [0.5, 0.6) is 0 Å². The lowest BCUT2D eigenvalue weighted by Gasteiger charge is -2.24. The van der Waals surface area contributed by atoms with Crippen molar-refractivity contribution >= 4 is 29.0 Å². The van der Waals surface area contributed by atoms with Crippen LogP contribution in [0.15, 0.2) is 65.1 Å². The number of aromatic nitrogens is 1. The van der Waals surface area contributed by atoms with Gasteiger partial charge in [0.05, 0.1) is 5.52 Å². The first-order valence-electron chi connectivity index (χ1n) is 8.47. The number of alkyl halides is 2. The molecule has 132 valence electrons. The third kappa shape index (κ3) is 3.27. The molecule has 2 heterocycles. The molecule has 1 aliphatic heterocycles. The molecule has 1 fully saturated rings. The number of pyridine rings is 1. The molecule has 0 saturated heterocycles. The standard InChI is InChI=1S/C20H18F2N4/c1-23-25-19(12-17-13-20(17,21)22)26-9-6-14(7-10-26)15-4-5-18-16(11-15)3-2-8-24-18/h2-9,11,17H,1,10,12-13H2/b25-19-. The highest BCUT2D eigenvalue weighted by molar-refractivity contribution is 5.88. The van der Waals surface area contributed by atoms with Gasteiger partial charge in [-0.3, -0.25) is 4.98 Å². The number of fused-ring (bicyclic) bond motifs is 1. The summed E-state index contributed by atoms with van der Waals surface area (Å²) in [5.74, 6) is -2.69. The van der Waals surface area contributed by atoms with Gasteiger partial charge in [0.25, 0.3) is 5.92 Å². The summed E-state index contributed by atoms with van der Waals surface area (Å²) in [6.45, 7) is 3.91. The predicted molar refractivity (Wildman–Crippen MR) is 100 cm³/mol. The van der Waals surface area contributed by atoms with Gasteiger partial charge in [-0.25, -0.2) is 8.78 Å². The van der Waals surface area contributed by atoms with Crippen molar-refractivity contribution in [1.82, 2.24) is 9.88 Å². The summed E-state index contributed by atoms with van der Waals surface area (Å²) in [5, 5.41) is 8.59. The highest BCUT2D eigenvalue weighted by Crippen LogP contribution is 2.51. The third-order valence-electron chi connectivity index (χ3n) is 4.78. The number of amidine groups is 1. The van der Waals surface area contributed by atoms with Crippen molar-refractivity contribution in [2.45, 2.75) is 18.8 Å². The Morgan fingerprint density at radius 2 is 2.19 bits per heavy atom. The van der Waals surface area contributed by atoms with E-state index in [0.717, 1.165) is 22.0 Å². The van der Waals surface area contributed by atoms with Crippen molar-refractivity contribution in [3.8, 4) is 0 Å². The van der Waals surface area contributed by atoms with Gasteiger partial charge in [0.15, 0.2) is 0 Å². The van der Waals surface area contributed by atoms with E-state index < -0.39 is 11.8 Å². The lowest BCUT2D eigenvalue weighted by molar-refractivity contribution is 0.0998. The summed E-state index contributed by atoms with van der Waals surface area (Å²) in [6.07, 6.45) is 7.80. The van der Waals surface area contributed by atoms with Crippen LogP contribution in [0.25, 0.3) is 16.5 Å². The van der Waals surface area contributed by atoms with Crippen LogP contribution in [-0.2, 0) is 0 Å². The Morgan fingerprint density at radius 1 is 1.35 bits per heavy atom. The number of rotatable bonds is 4. The van der Waals surface area contributed by atoms with Crippen molar-refractivity contribution in [2.24, 2.45) is 16.1 Å². The maximum absolute atomic E-state index is 13.2. The quantitative estimate of drug-likeness (QED) is 0.462. The normalized spacial score (nSPS) is 21.6. The second-order valence-corrected chi connectivity index (χ2v) is 6.56. The fourth-order valence-electron chi connectivity index (χ4n) is 3.17. The van der Waals surface area contributed by atoms with Gasteiger partial charge in [-0.15, -0.1) is 5.10 Å². The van der Waals surface area contributed by atoms with E-state index in [0.29, 0.717) is 12.4 Å². The third-order valence-corrected chi connectivity index (χ3v) is 4.78. The topological polar surface area (TPSA) is 40.9 Å². The van der Waals surface area contributed by atoms with E-state index >= 15 is 0 Å². The van der Waals surface area contributed by atoms with Crippen LogP contribution in [0.2, 0.25) is 0 Å². The van der Waals surface area contributed by atoms with Crippen LogP contribution >= 0.6 is 0 Å². The Hall–Kier alpha value is -2.89. The minimum atomic E-state index is -2.57. The summed E-state index contributed by atoms with van der Waals surface area (Å²) >= 11 is 0. The molecule has 1 aromatic heterocycles. The summed E-state index contributed by atoms with van der Waals surface area (Å²) < 4.78 is 26.4. The van der Waals surface area contributed by atoms with E-state index in [9.17, 15) is 8.78 Å². The number of halogens is 2. The lowest BCUT2D eigenvalue weighted by Crippen LogP contribution is -2.28. The van der Waals surface area contributed by atoms with E-state index in [1.807, 2.05) is 41.4 Å². The zero-order valence-electron chi connectivity index (χ0n) is 14.1. The first-order chi connectivity index (χ1) is 12.6. The zero-order valence-corrected chi connectivity index (χ0v) is 14.1. The number of benzene rings is 1. The highest BCUT2D eigenvalue weighted by Gasteiger charge is 2.57. The molecule has 0 N–H and O–H groups in total. The van der Waals surface area contributed by atoms with Gasteiger partial charge >= 0.3 is 0 Å². The Bertz CT molecular complexity index is 946. The summed E-state index contributed by atoms with van der Waals surface area (Å²) in [4.78, 5) is 6.17. The molecular formula is C20H18F2N4. The van der Waals surface area contributed by atoms with Crippen LogP contribution in [0.3, 0.4) is 0 Å². The average molecular weight is 352 g/mol. The fourth-order valence-corrected chi connectivity index (χ4v) is 3.17. The Kier molecular flexibility index (Phi) is 4.11. The molecule has 1 aromatic carbocycles. The molecule has 0 radical (unpaired) electrons. The van der Waals surface area contributed by atoms with Gasteiger partial charge in [-0.05, 0) is 35.4 Å². The van der Waals surface area contributed by atoms with Crippen LogP contribution in [0.1, 0.15) is 18.4 Å². The zero-order chi connectivity index (χ0) is 18.1. The Labute approximate surface area is 150 Å². The number of allylic oxidation sites excluding steroid dienone is 2. The average Bonchev–Trinajstić information content (AvgIpc) is 3.27. The summed E-state index contributed by atoms with van der Waals surface area (Å²) in [5.41, 5.74) is 3.13. The molecule has 0 amide bonds. The van der Waals surface area contributed by atoms with Crippen molar-refractivity contribution < 1.29 is 8.78 Å². The SMILES string of the molecule is C=N/N=C(/CC1CC1(F)F)N1C=CC(c2ccc3ncccc3c2)=CC1. The van der Waals surface area contributed by atoms with Gasteiger partial charge in [0.2, 0.25) is 0 Å². The Balaban J connectivity index is 1.50. The van der Waals surface area contributed by atoms with Gasteiger partial charge in [0, 0.05) is 49.8 Å². The maximum atomic E-state index is 13.2. The second-order valence-electron chi connectivity index (χ2n) is 6.56. The molecule has 4 rings (SSSR count). The molecule has 2 aromatic rings. The number of hydrogen-bond acceptors (Lipinski definition) is 3. The predicted octanol–water partition coefficient (Wildman–Crippen LogP) is 4.51. The van der Waals surface area contributed by atoms with Gasteiger partial charge < -0.3 is 4.90 Å². The first-order valence-corrected chi connectivity index (χ1v) is 8.47. The molecule has 4 nitrogen and oxygen atoms in total. The van der Waals surface area contributed by atoms with Crippen molar-refractivity contribution in [1.29, 1.82) is 0 Å². The van der Waals surface area contributed by atoms with Crippen LogP contribution < -0.4 is 0 Å². The van der Waals surface area contributed by atoms with Crippen LogP contribution in [0, 0.1) is 5.92 Å². The second kappa shape index (κ2) is 6.44. The van der Waals surface area contributed by atoms with Gasteiger partial charge in [-0.2, -0.15) is 5.10 Å². The number of nitrogens with zero attached hydrogens (tertiary/aromatic N) is 4. The van der Waals surface area contributed by atoms with Crippen molar-refractivity contribution in [2.75, 3.05) is 6.54 Å². The Morgan fingerprint density at radius 3 is 2.88 bits per heavy atom. The van der Waals surface area contributed by atoms with Crippen molar-refractivity contribution in [3.63, 3.8) is 0 Å². The summed E-state index contributed by atoms with van der Waals surface area (Å²) in [7, 11) is 0. The smallest absolute Gasteiger partial charge is 0.252 e. The van der Waals surface area contributed by atoms with Crippen LogP contribution in [-0.4, -0.2) is 34.9 Å². The minimum Gasteiger partial charge on any atom is -0.331 e. The van der Waals surface area contributed by atoms with Gasteiger partial charge in [-0.1, -0.05) is 18.2 Å². The summed E-state index contributed by atoms with van der Waals surface area (Å²) in [6, 6.07) is 10.1.